The molecule has 1 atom stereocenters. The van der Waals surface area contributed by atoms with Crippen molar-refractivity contribution in [2.24, 2.45) is 5.92 Å². The zero-order valence-corrected chi connectivity index (χ0v) is 10.4. The van der Waals surface area contributed by atoms with Gasteiger partial charge in [-0.1, -0.05) is 6.07 Å². The molecule has 2 N–H and O–H groups in total. The third kappa shape index (κ3) is 2.29. The molecule has 2 aromatic rings. The van der Waals surface area contributed by atoms with Gasteiger partial charge in [0, 0.05) is 13.0 Å². The minimum Gasteiger partial charge on any atom is -0.363 e. The van der Waals surface area contributed by atoms with Gasteiger partial charge in [0.15, 0.2) is 11.9 Å². The Labute approximate surface area is 109 Å². The van der Waals surface area contributed by atoms with E-state index in [0.717, 1.165) is 12.8 Å². The molecule has 1 unspecified atom stereocenters. The fourth-order valence-corrected chi connectivity index (χ4v) is 1.84. The van der Waals surface area contributed by atoms with Crippen LogP contribution in [0.15, 0.2) is 18.2 Å². The van der Waals surface area contributed by atoms with Crippen LogP contribution >= 0.6 is 0 Å². The zero-order valence-electron chi connectivity index (χ0n) is 10.4. The highest BCUT2D eigenvalue weighted by molar-refractivity contribution is 5.92. The van der Waals surface area contributed by atoms with Crippen LogP contribution < -0.4 is 5.32 Å². The maximum absolute atomic E-state index is 11.7. The summed E-state index contributed by atoms with van der Waals surface area (Å²) < 4.78 is 6.32. The number of aromatic nitrogens is 3. The summed E-state index contributed by atoms with van der Waals surface area (Å²) in [5, 5.41) is 16.6. The quantitative estimate of drug-likeness (QED) is 0.792. The first-order chi connectivity index (χ1) is 9.19. The predicted molar refractivity (Wildman–Crippen MR) is 66.3 cm³/mol. The number of carbonyl (C=O) groups is 1. The van der Waals surface area contributed by atoms with Crippen LogP contribution in [-0.2, 0) is 9.53 Å². The zero-order chi connectivity index (χ0) is 13.4. The molecule has 1 aliphatic rings. The van der Waals surface area contributed by atoms with Gasteiger partial charge >= 0.3 is 0 Å². The lowest BCUT2D eigenvalue weighted by Gasteiger charge is -2.09. The second-order valence-corrected chi connectivity index (χ2v) is 4.51. The molecule has 1 saturated carbocycles. The number of rotatable bonds is 4. The smallest absolute Gasteiger partial charge is 0.249 e. The van der Waals surface area contributed by atoms with Gasteiger partial charge in [-0.15, -0.1) is 5.10 Å². The third-order valence-electron chi connectivity index (χ3n) is 3.05. The molecule has 0 radical (unpaired) electrons. The third-order valence-corrected chi connectivity index (χ3v) is 3.05. The molecular weight excluding hydrogens is 248 g/mol. The normalized spacial score (nSPS) is 16.5. The predicted octanol–water partition coefficient (Wildman–Crippen LogP) is 0.715. The van der Waals surface area contributed by atoms with Crippen molar-refractivity contribution in [1.29, 1.82) is 0 Å². The number of amides is 1. The second kappa shape index (κ2) is 4.60. The molecule has 0 aliphatic heterocycles. The van der Waals surface area contributed by atoms with Crippen molar-refractivity contribution in [3.8, 4) is 0 Å². The fraction of sp³-hybridized carbons (Fsp3) is 0.417. The van der Waals surface area contributed by atoms with Crippen LogP contribution in [0.1, 0.15) is 24.8 Å². The van der Waals surface area contributed by atoms with Crippen molar-refractivity contribution in [2.45, 2.75) is 19.1 Å². The number of aliphatic hydroxyl groups excluding tert-OH is 1. The summed E-state index contributed by atoms with van der Waals surface area (Å²) in [6, 6.07) is 5.17. The van der Waals surface area contributed by atoms with Crippen molar-refractivity contribution < 1.29 is 14.6 Å². The van der Waals surface area contributed by atoms with Gasteiger partial charge in [0.25, 0.3) is 0 Å². The Morgan fingerprint density at radius 1 is 1.58 bits per heavy atom. The highest BCUT2D eigenvalue weighted by Gasteiger charge is 2.30. The lowest BCUT2D eigenvalue weighted by Crippen LogP contribution is -2.14. The van der Waals surface area contributed by atoms with Crippen LogP contribution in [0.5, 0.6) is 0 Å². The number of ether oxygens (including phenoxy) is 1. The molecule has 7 nitrogen and oxygen atoms in total. The maximum atomic E-state index is 11.7. The van der Waals surface area contributed by atoms with Gasteiger partial charge in [0.05, 0.1) is 0 Å². The molecule has 0 aromatic carbocycles. The number of aliphatic hydroxyl groups is 1. The monoisotopic (exact) mass is 262 g/mol. The van der Waals surface area contributed by atoms with Gasteiger partial charge in [-0.05, 0) is 25.0 Å². The van der Waals surface area contributed by atoms with Gasteiger partial charge in [-0.25, -0.2) is 4.52 Å². The van der Waals surface area contributed by atoms with E-state index in [-0.39, 0.29) is 17.8 Å². The largest absolute Gasteiger partial charge is 0.363 e. The van der Waals surface area contributed by atoms with E-state index in [1.165, 1.54) is 11.6 Å². The Morgan fingerprint density at radius 3 is 3.05 bits per heavy atom. The molecule has 3 rings (SSSR count). The van der Waals surface area contributed by atoms with E-state index in [2.05, 4.69) is 15.4 Å². The Bertz CT molecular complexity index is 620. The average Bonchev–Trinajstić information content (AvgIpc) is 3.18. The van der Waals surface area contributed by atoms with Crippen LogP contribution in [0.3, 0.4) is 0 Å². The SMILES string of the molecule is COC(O)c1cccc2nc(NC(=O)C3CC3)nn12. The maximum Gasteiger partial charge on any atom is 0.249 e. The highest BCUT2D eigenvalue weighted by Crippen LogP contribution is 2.29. The van der Waals surface area contributed by atoms with E-state index in [9.17, 15) is 9.90 Å². The average molecular weight is 262 g/mol. The van der Waals surface area contributed by atoms with Crippen LogP contribution in [0.25, 0.3) is 5.65 Å². The summed E-state index contributed by atoms with van der Waals surface area (Å²) in [4.78, 5) is 15.8. The Hall–Kier alpha value is -1.99. The molecular formula is C12H14N4O3. The van der Waals surface area contributed by atoms with Gasteiger partial charge < -0.3 is 9.84 Å². The molecule has 0 bridgehead atoms. The minimum absolute atomic E-state index is 0.0512. The van der Waals surface area contributed by atoms with E-state index in [0.29, 0.717) is 11.3 Å². The number of anilines is 1. The highest BCUT2D eigenvalue weighted by atomic mass is 16.6. The standard InChI is InChI=1S/C12H14N4O3/c1-19-11(18)8-3-2-4-9-13-12(15-16(8)9)14-10(17)7-5-6-7/h2-4,7,11,18H,5-6H2,1H3,(H,14,15,17). The van der Waals surface area contributed by atoms with E-state index < -0.39 is 6.29 Å². The number of methoxy groups -OCH3 is 1. The van der Waals surface area contributed by atoms with E-state index in [4.69, 9.17) is 4.74 Å². The Kier molecular flexibility index (Phi) is 2.92. The Morgan fingerprint density at radius 2 is 2.37 bits per heavy atom. The summed E-state index contributed by atoms with van der Waals surface area (Å²) >= 11 is 0. The molecule has 0 spiro atoms. The molecule has 1 aliphatic carbocycles. The summed E-state index contributed by atoms with van der Waals surface area (Å²) in [6.45, 7) is 0. The lowest BCUT2D eigenvalue weighted by molar-refractivity contribution is -0.117. The minimum atomic E-state index is -1.09. The summed E-state index contributed by atoms with van der Waals surface area (Å²) in [6.07, 6.45) is 0.761. The first-order valence-electron chi connectivity index (χ1n) is 6.06. The lowest BCUT2D eigenvalue weighted by atomic mass is 10.3. The first kappa shape index (κ1) is 12.1. The number of hydrogen-bond acceptors (Lipinski definition) is 5. The van der Waals surface area contributed by atoms with Crippen LogP contribution in [-0.4, -0.2) is 32.7 Å². The van der Waals surface area contributed by atoms with E-state index in [1.54, 1.807) is 18.2 Å². The molecule has 2 heterocycles. The van der Waals surface area contributed by atoms with Gasteiger partial charge in [0.2, 0.25) is 11.9 Å². The number of fused-ring (bicyclic) bond motifs is 1. The van der Waals surface area contributed by atoms with E-state index >= 15 is 0 Å². The number of nitrogens with zero attached hydrogens (tertiary/aromatic N) is 3. The van der Waals surface area contributed by atoms with E-state index in [1.807, 2.05) is 0 Å². The number of carbonyl (C=O) groups excluding carboxylic acids is 1. The number of hydrogen-bond donors (Lipinski definition) is 2. The fourth-order valence-electron chi connectivity index (χ4n) is 1.84. The van der Waals surface area contributed by atoms with Crippen LogP contribution in [0.2, 0.25) is 0 Å². The summed E-state index contributed by atoms with van der Waals surface area (Å²) in [5.74, 6) is 0.285. The molecule has 1 fully saturated rings. The van der Waals surface area contributed by atoms with Gasteiger partial charge in [0.1, 0.15) is 5.69 Å². The van der Waals surface area contributed by atoms with Crippen LogP contribution in [0, 0.1) is 5.92 Å². The summed E-state index contributed by atoms with van der Waals surface area (Å²) in [5.41, 5.74) is 0.999. The van der Waals surface area contributed by atoms with Crippen molar-refractivity contribution >= 4 is 17.5 Å². The topological polar surface area (TPSA) is 88.8 Å². The molecule has 7 heteroatoms. The van der Waals surface area contributed by atoms with Crippen molar-refractivity contribution in [2.75, 3.05) is 12.4 Å². The van der Waals surface area contributed by atoms with Crippen molar-refractivity contribution in [3.63, 3.8) is 0 Å². The molecule has 2 aromatic heterocycles. The van der Waals surface area contributed by atoms with Crippen LogP contribution in [0.4, 0.5) is 5.95 Å². The molecule has 0 saturated heterocycles. The van der Waals surface area contributed by atoms with Crippen molar-refractivity contribution in [1.82, 2.24) is 14.6 Å². The summed E-state index contributed by atoms with van der Waals surface area (Å²) in [7, 11) is 1.40. The van der Waals surface area contributed by atoms with Gasteiger partial charge in [-0.3, -0.25) is 10.1 Å². The molecule has 1 amide bonds. The molecule has 19 heavy (non-hydrogen) atoms. The first-order valence-corrected chi connectivity index (χ1v) is 6.06. The molecule has 100 valence electrons. The second-order valence-electron chi connectivity index (χ2n) is 4.51. The van der Waals surface area contributed by atoms with Crippen molar-refractivity contribution in [3.05, 3.63) is 23.9 Å². The van der Waals surface area contributed by atoms with Gasteiger partial charge in [-0.2, -0.15) is 4.98 Å². The number of pyridine rings is 1. The number of nitrogens with one attached hydrogen (secondary N) is 1. The Balaban J connectivity index is 1.93.